The summed E-state index contributed by atoms with van der Waals surface area (Å²) in [5.74, 6) is -0.298. The Balaban J connectivity index is 3.17. The molecule has 0 fully saturated rings. The monoisotopic (exact) mass is 209 g/mol. The first kappa shape index (κ1) is 11.8. The van der Waals surface area contributed by atoms with Crippen molar-refractivity contribution >= 4 is 5.97 Å². The lowest BCUT2D eigenvalue weighted by Gasteiger charge is -2.13. The number of hydrogen-bond acceptors (Lipinski definition) is 1. The molecular formula is C12H19NO2. The highest BCUT2D eigenvalue weighted by Gasteiger charge is 2.15. The molecule has 0 aliphatic heterocycles. The van der Waals surface area contributed by atoms with Crippen molar-refractivity contribution in [2.45, 2.75) is 40.7 Å². The van der Waals surface area contributed by atoms with Crippen LogP contribution in [0.4, 0.5) is 0 Å². The van der Waals surface area contributed by atoms with E-state index in [9.17, 15) is 4.79 Å². The summed E-state index contributed by atoms with van der Waals surface area (Å²) in [6.45, 7) is 9.10. The third-order valence-corrected chi connectivity index (χ3v) is 2.59. The van der Waals surface area contributed by atoms with Gasteiger partial charge < -0.3 is 9.67 Å². The van der Waals surface area contributed by atoms with E-state index in [1.807, 2.05) is 6.92 Å². The number of aromatic carboxylic acids is 1. The zero-order valence-corrected chi connectivity index (χ0v) is 9.87. The number of carboxylic acids is 1. The molecule has 0 saturated carbocycles. The summed E-state index contributed by atoms with van der Waals surface area (Å²) in [6.07, 6.45) is 0.876. The molecule has 3 heteroatoms. The molecule has 0 unspecified atom stereocenters. The standard InChI is InChI=1S/C12H19NO2/c1-5-10-6-11(12(14)15)9(4)13(10)7-8(2)3/h6,8H,5,7H2,1-4H3,(H,14,15). The van der Waals surface area contributed by atoms with Crippen LogP contribution < -0.4 is 0 Å². The largest absolute Gasteiger partial charge is 0.478 e. The number of aromatic nitrogens is 1. The van der Waals surface area contributed by atoms with Crippen LogP contribution in [0.2, 0.25) is 0 Å². The lowest BCUT2D eigenvalue weighted by molar-refractivity contribution is 0.0696. The van der Waals surface area contributed by atoms with Gasteiger partial charge in [0, 0.05) is 17.9 Å². The number of carboxylic acid groups (broad SMARTS) is 1. The van der Waals surface area contributed by atoms with Gasteiger partial charge in [0.25, 0.3) is 0 Å². The summed E-state index contributed by atoms with van der Waals surface area (Å²) in [5.41, 5.74) is 2.42. The molecular weight excluding hydrogens is 190 g/mol. The third kappa shape index (κ3) is 2.41. The number of aryl methyl sites for hydroxylation is 1. The highest BCUT2D eigenvalue weighted by molar-refractivity contribution is 5.89. The van der Waals surface area contributed by atoms with Crippen molar-refractivity contribution in [3.63, 3.8) is 0 Å². The molecule has 0 aromatic carbocycles. The van der Waals surface area contributed by atoms with Gasteiger partial charge in [-0.1, -0.05) is 20.8 Å². The normalized spacial score (nSPS) is 11.0. The Morgan fingerprint density at radius 1 is 1.53 bits per heavy atom. The molecule has 84 valence electrons. The van der Waals surface area contributed by atoms with Crippen LogP contribution in [-0.4, -0.2) is 15.6 Å². The summed E-state index contributed by atoms with van der Waals surface area (Å²) in [7, 11) is 0. The van der Waals surface area contributed by atoms with E-state index in [4.69, 9.17) is 5.11 Å². The predicted molar refractivity (Wildman–Crippen MR) is 60.3 cm³/mol. The minimum Gasteiger partial charge on any atom is -0.478 e. The average molecular weight is 209 g/mol. The van der Waals surface area contributed by atoms with Gasteiger partial charge in [-0.25, -0.2) is 4.79 Å². The van der Waals surface area contributed by atoms with Gasteiger partial charge >= 0.3 is 5.97 Å². The van der Waals surface area contributed by atoms with Crippen LogP contribution in [0.25, 0.3) is 0 Å². The Hall–Kier alpha value is -1.25. The minimum atomic E-state index is -0.829. The van der Waals surface area contributed by atoms with Gasteiger partial charge in [0.2, 0.25) is 0 Å². The topological polar surface area (TPSA) is 42.2 Å². The molecule has 3 nitrogen and oxygen atoms in total. The SMILES string of the molecule is CCc1cc(C(=O)O)c(C)n1CC(C)C. The molecule has 1 aromatic heterocycles. The van der Waals surface area contributed by atoms with Crippen molar-refractivity contribution in [2.75, 3.05) is 0 Å². The van der Waals surface area contributed by atoms with Crippen LogP contribution in [0.5, 0.6) is 0 Å². The first-order valence-electron chi connectivity index (χ1n) is 5.39. The van der Waals surface area contributed by atoms with Crippen molar-refractivity contribution in [1.82, 2.24) is 4.57 Å². The average Bonchev–Trinajstić information content (AvgIpc) is 2.43. The van der Waals surface area contributed by atoms with E-state index in [0.717, 1.165) is 24.4 Å². The third-order valence-electron chi connectivity index (χ3n) is 2.59. The van der Waals surface area contributed by atoms with Crippen LogP contribution >= 0.6 is 0 Å². The van der Waals surface area contributed by atoms with Gasteiger partial charge in [-0.05, 0) is 25.3 Å². The Kier molecular flexibility index (Phi) is 3.56. The molecule has 0 radical (unpaired) electrons. The van der Waals surface area contributed by atoms with Gasteiger partial charge in [0.15, 0.2) is 0 Å². The number of hydrogen-bond donors (Lipinski definition) is 1. The summed E-state index contributed by atoms with van der Waals surface area (Å²) in [5, 5.41) is 9.02. The Bertz CT molecular complexity index is 364. The van der Waals surface area contributed by atoms with Crippen LogP contribution in [0.15, 0.2) is 6.07 Å². The van der Waals surface area contributed by atoms with Gasteiger partial charge in [-0.15, -0.1) is 0 Å². The van der Waals surface area contributed by atoms with Crippen molar-refractivity contribution < 1.29 is 9.90 Å². The summed E-state index contributed by atoms with van der Waals surface area (Å²) in [4.78, 5) is 11.0. The van der Waals surface area contributed by atoms with E-state index in [0.29, 0.717) is 11.5 Å². The molecule has 0 aliphatic rings. The molecule has 0 amide bonds. The minimum absolute atomic E-state index is 0.438. The lowest BCUT2D eigenvalue weighted by atomic mass is 10.2. The Morgan fingerprint density at radius 3 is 2.53 bits per heavy atom. The second-order valence-electron chi connectivity index (χ2n) is 4.30. The molecule has 1 aromatic rings. The van der Waals surface area contributed by atoms with Crippen molar-refractivity contribution in [3.8, 4) is 0 Å². The van der Waals surface area contributed by atoms with E-state index in [2.05, 4.69) is 25.3 Å². The van der Waals surface area contributed by atoms with E-state index in [-0.39, 0.29) is 0 Å². The first-order valence-corrected chi connectivity index (χ1v) is 5.39. The zero-order chi connectivity index (χ0) is 11.6. The van der Waals surface area contributed by atoms with E-state index in [1.54, 1.807) is 6.07 Å². The fraction of sp³-hybridized carbons (Fsp3) is 0.583. The van der Waals surface area contributed by atoms with E-state index < -0.39 is 5.97 Å². The second kappa shape index (κ2) is 4.51. The lowest BCUT2D eigenvalue weighted by Crippen LogP contribution is -2.10. The van der Waals surface area contributed by atoms with Gasteiger partial charge in [0.05, 0.1) is 5.56 Å². The molecule has 0 atom stereocenters. The number of carbonyl (C=O) groups is 1. The van der Waals surface area contributed by atoms with Gasteiger partial charge in [0.1, 0.15) is 0 Å². The predicted octanol–water partition coefficient (Wildman–Crippen LogP) is 2.71. The number of rotatable bonds is 4. The maximum Gasteiger partial charge on any atom is 0.337 e. The zero-order valence-electron chi connectivity index (χ0n) is 9.87. The van der Waals surface area contributed by atoms with Crippen LogP contribution in [0.1, 0.15) is 42.5 Å². The van der Waals surface area contributed by atoms with Crippen LogP contribution in [0.3, 0.4) is 0 Å². The quantitative estimate of drug-likeness (QED) is 0.828. The maximum absolute atomic E-state index is 11.0. The van der Waals surface area contributed by atoms with E-state index >= 15 is 0 Å². The molecule has 15 heavy (non-hydrogen) atoms. The molecule has 0 saturated heterocycles. The van der Waals surface area contributed by atoms with Gasteiger partial charge in [-0.3, -0.25) is 0 Å². The second-order valence-corrected chi connectivity index (χ2v) is 4.30. The Morgan fingerprint density at radius 2 is 2.13 bits per heavy atom. The van der Waals surface area contributed by atoms with Crippen LogP contribution in [-0.2, 0) is 13.0 Å². The molecule has 1 rings (SSSR count). The van der Waals surface area contributed by atoms with Crippen molar-refractivity contribution in [1.29, 1.82) is 0 Å². The van der Waals surface area contributed by atoms with E-state index in [1.165, 1.54) is 0 Å². The molecule has 0 bridgehead atoms. The fourth-order valence-corrected chi connectivity index (χ4v) is 1.84. The molecule has 1 N–H and O–H groups in total. The number of nitrogens with zero attached hydrogens (tertiary/aromatic N) is 1. The first-order chi connectivity index (χ1) is 6.97. The van der Waals surface area contributed by atoms with Crippen molar-refractivity contribution in [2.24, 2.45) is 5.92 Å². The molecule has 0 spiro atoms. The summed E-state index contributed by atoms with van der Waals surface area (Å²) >= 11 is 0. The molecule has 0 aliphatic carbocycles. The van der Waals surface area contributed by atoms with Crippen molar-refractivity contribution in [3.05, 3.63) is 23.0 Å². The fourth-order valence-electron chi connectivity index (χ4n) is 1.84. The summed E-state index contributed by atoms with van der Waals surface area (Å²) < 4.78 is 2.12. The highest BCUT2D eigenvalue weighted by atomic mass is 16.4. The van der Waals surface area contributed by atoms with Gasteiger partial charge in [-0.2, -0.15) is 0 Å². The maximum atomic E-state index is 11.0. The molecule has 1 heterocycles. The highest BCUT2D eigenvalue weighted by Crippen LogP contribution is 2.18. The summed E-state index contributed by atoms with van der Waals surface area (Å²) in [6, 6.07) is 1.79. The Labute approximate surface area is 90.7 Å². The van der Waals surface area contributed by atoms with Crippen LogP contribution in [0, 0.1) is 12.8 Å². The smallest absolute Gasteiger partial charge is 0.337 e.